The summed E-state index contributed by atoms with van der Waals surface area (Å²) in [7, 11) is 0. The third kappa shape index (κ3) is 7.74. The second-order valence-electron chi connectivity index (χ2n) is 3.27. The van der Waals surface area contributed by atoms with Crippen LogP contribution in [0.15, 0.2) is 30.3 Å². The molecule has 1 aliphatic rings. The normalized spacial score (nSPS) is 12.7. The summed E-state index contributed by atoms with van der Waals surface area (Å²) in [5.74, 6) is -0.611. The molecular weight excluding hydrogens is 188 g/mol. The number of hydrogen-bond donors (Lipinski definition) is 1. The van der Waals surface area contributed by atoms with Crippen LogP contribution in [0.5, 0.6) is 0 Å². The molecule has 0 heterocycles. The molecule has 84 valence electrons. The summed E-state index contributed by atoms with van der Waals surface area (Å²) < 4.78 is 0. The number of benzene rings is 1. The zero-order chi connectivity index (χ0) is 11.7. The molecule has 2 rings (SSSR count). The second-order valence-corrected chi connectivity index (χ2v) is 3.27. The van der Waals surface area contributed by atoms with Crippen LogP contribution >= 0.6 is 0 Å². The minimum absolute atomic E-state index is 0.0185. The van der Waals surface area contributed by atoms with Crippen molar-refractivity contribution in [3.8, 4) is 0 Å². The molecule has 2 nitrogen and oxygen atoms in total. The first-order valence-corrected chi connectivity index (χ1v) is 5.44. The SMILES string of the molecule is CC.Cc1ccccc1.O=C(O)C1CC1. The van der Waals surface area contributed by atoms with Crippen LogP contribution in [-0.4, -0.2) is 11.1 Å². The topological polar surface area (TPSA) is 37.3 Å². The van der Waals surface area contributed by atoms with E-state index in [4.69, 9.17) is 5.11 Å². The third-order valence-electron chi connectivity index (χ3n) is 1.87. The van der Waals surface area contributed by atoms with E-state index in [0.29, 0.717) is 0 Å². The van der Waals surface area contributed by atoms with Crippen molar-refractivity contribution in [3.63, 3.8) is 0 Å². The van der Waals surface area contributed by atoms with Crippen molar-refractivity contribution in [1.29, 1.82) is 0 Å². The number of carboxylic acid groups (broad SMARTS) is 1. The number of hydrogen-bond acceptors (Lipinski definition) is 1. The Hall–Kier alpha value is -1.31. The van der Waals surface area contributed by atoms with E-state index in [2.05, 4.69) is 19.1 Å². The number of aliphatic carboxylic acids is 1. The molecule has 1 fully saturated rings. The van der Waals surface area contributed by atoms with Gasteiger partial charge in [-0.05, 0) is 19.8 Å². The van der Waals surface area contributed by atoms with Gasteiger partial charge in [-0.2, -0.15) is 0 Å². The van der Waals surface area contributed by atoms with Gasteiger partial charge < -0.3 is 5.11 Å². The van der Waals surface area contributed by atoms with Gasteiger partial charge in [0.15, 0.2) is 0 Å². The molecule has 0 amide bonds. The first-order valence-electron chi connectivity index (χ1n) is 5.44. The Kier molecular flexibility index (Phi) is 7.33. The monoisotopic (exact) mass is 208 g/mol. The standard InChI is InChI=1S/C7H8.C4H6O2.C2H6/c1-7-5-3-2-4-6-7;5-4(6)3-1-2-3;1-2/h2-6H,1H3;3H,1-2H2,(H,5,6);1-2H3. The molecular formula is C13H20O2. The average Bonchev–Trinajstić information content (AvgIpc) is 3.06. The molecule has 15 heavy (non-hydrogen) atoms. The smallest absolute Gasteiger partial charge is 0.306 e. The van der Waals surface area contributed by atoms with Gasteiger partial charge in [0.25, 0.3) is 0 Å². The summed E-state index contributed by atoms with van der Waals surface area (Å²) in [6, 6.07) is 10.3. The molecule has 0 unspecified atom stereocenters. The van der Waals surface area contributed by atoms with E-state index < -0.39 is 5.97 Å². The fourth-order valence-electron chi connectivity index (χ4n) is 0.865. The lowest BCUT2D eigenvalue weighted by molar-refractivity contribution is -0.138. The molecule has 0 aromatic heterocycles. The lowest BCUT2D eigenvalue weighted by Gasteiger charge is -1.82. The number of carbonyl (C=O) groups is 1. The van der Waals surface area contributed by atoms with E-state index >= 15 is 0 Å². The van der Waals surface area contributed by atoms with Crippen molar-refractivity contribution in [2.24, 2.45) is 5.92 Å². The van der Waals surface area contributed by atoms with Crippen molar-refractivity contribution in [1.82, 2.24) is 0 Å². The zero-order valence-corrected chi connectivity index (χ0v) is 9.73. The van der Waals surface area contributed by atoms with E-state index in [9.17, 15) is 4.79 Å². The predicted molar refractivity (Wildman–Crippen MR) is 62.9 cm³/mol. The molecule has 1 N–H and O–H groups in total. The summed E-state index contributed by atoms with van der Waals surface area (Å²) in [5.41, 5.74) is 1.32. The fraction of sp³-hybridized carbons (Fsp3) is 0.462. The minimum Gasteiger partial charge on any atom is -0.481 e. The van der Waals surface area contributed by atoms with Crippen molar-refractivity contribution in [2.75, 3.05) is 0 Å². The Balaban J connectivity index is 0.000000227. The van der Waals surface area contributed by atoms with Crippen LogP contribution in [0.3, 0.4) is 0 Å². The minimum atomic E-state index is -0.630. The molecule has 1 aromatic rings. The van der Waals surface area contributed by atoms with Crippen LogP contribution < -0.4 is 0 Å². The summed E-state index contributed by atoms with van der Waals surface area (Å²) >= 11 is 0. The van der Waals surface area contributed by atoms with Gasteiger partial charge in [-0.25, -0.2) is 0 Å². The lowest BCUT2D eigenvalue weighted by Crippen LogP contribution is -1.94. The Labute approximate surface area is 91.9 Å². The number of rotatable bonds is 1. The molecule has 0 saturated heterocycles. The highest BCUT2D eigenvalue weighted by Crippen LogP contribution is 2.28. The summed E-state index contributed by atoms with van der Waals surface area (Å²) in [6.07, 6.45) is 1.80. The van der Waals surface area contributed by atoms with Gasteiger partial charge in [0.2, 0.25) is 0 Å². The Morgan fingerprint density at radius 3 is 1.80 bits per heavy atom. The van der Waals surface area contributed by atoms with Gasteiger partial charge in [-0.3, -0.25) is 4.79 Å². The van der Waals surface area contributed by atoms with Crippen LogP contribution in [0, 0.1) is 12.8 Å². The van der Waals surface area contributed by atoms with E-state index in [1.165, 1.54) is 5.56 Å². The number of aryl methyl sites for hydroxylation is 1. The molecule has 1 saturated carbocycles. The van der Waals surface area contributed by atoms with E-state index in [0.717, 1.165) is 12.8 Å². The molecule has 0 radical (unpaired) electrons. The van der Waals surface area contributed by atoms with Crippen LogP contribution in [0.25, 0.3) is 0 Å². The van der Waals surface area contributed by atoms with Gasteiger partial charge in [-0.1, -0.05) is 49.7 Å². The molecule has 0 bridgehead atoms. The van der Waals surface area contributed by atoms with Gasteiger partial charge in [0, 0.05) is 0 Å². The first-order chi connectivity index (χ1) is 7.20. The molecule has 1 aromatic carbocycles. The summed E-state index contributed by atoms with van der Waals surface area (Å²) in [5, 5.41) is 8.05. The van der Waals surface area contributed by atoms with E-state index in [1.807, 2.05) is 32.0 Å². The number of carboxylic acids is 1. The van der Waals surface area contributed by atoms with Crippen LogP contribution in [0.4, 0.5) is 0 Å². The van der Waals surface area contributed by atoms with Crippen LogP contribution in [0.2, 0.25) is 0 Å². The molecule has 2 heteroatoms. The van der Waals surface area contributed by atoms with Gasteiger partial charge in [0.05, 0.1) is 5.92 Å². The Morgan fingerprint density at radius 2 is 1.67 bits per heavy atom. The van der Waals surface area contributed by atoms with Crippen LogP contribution in [-0.2, 0) is 4.79 Å². The van der Waals surface area contributed by atoms with Crippen LogP contribution in [0.1, 0.15) is 32.3 Å². The Morgan fingerprint density at radius 1 is 1.20 bits per heavy atom. The van der Waals surface area contributed by atoms with Gasteiger partial charge in [-0.15, -0.1) is 0 Å². The van der Waals surface area contributed by atoms with Crippen molar-refractivity contribution in [2.45, 2.75) is 33.6 Å². The summed E-state index contributed by atoms with van der Waals surface area (Å²) in [6.45, 7) is 6.08. The maximum absolute atomic E-state index is 9.76. The van der Waals surface area contributed by atoms with E-state index in [-0.39, 0.29) is 5.92 Å². The predicted octanol–water partition coefficient (Wildman–Crippen LogP) is 3.50. The highest BCUT2D eigenvalue weighted by Gasteiger charge is 2.28. The third-order valence-corrected chi connectivity index (χ3v) is 1.87. The maximum Gasteiger partial charge on any atom is 0.306 e. The quantitative estimate of drug-likeness (QED) is 0.767. The Bertz CT molecular complexity index is 263. The molecule has 0 aliphatic heterocycles. The van der Waals surface area contributed by atoms with Crippen molar-refractivity contribution in [3.05, 3.63) is 35.9 Å². The lowest BCUT2D eigenvalue weighted by atomic mass is 10.2. The average molecular weight is 208 g/mol. The zero-order valence-electron chi connectivity index (χ0n) is 9.73. The van der Waals surface area contributed by atoms with Gasteiger partial charge in [0.1, 0.15) is 0 Å². The van der Waals surface area contributed by atoms with Crippen molar-refractivity contribution < 1.29 is 9.90 Å². The fourth-order valence-corrected chi connectivity index (χ4v) is 0.865. The van der Waals surface area contributed by atoms with E-state index in [1.54, 1.807) is 0 Å². The summed E-state index contributed by atoms with van der Waals surface area (Å²) in [4.78, 5) is 9.76. The molecule has 0 atom stereocenters. The second kappa shape index (κ2) is 8.04. The van der Waals surface area contributed by atoms with Gasteiger partial charge >= 0.3 is 5.97 Å². The first kappa shape index (κ1) is 13.7. The molecule has 1 aliphatic carbocycles. The maximum atomic E-state index is 9.76. The van der Waals surface area contributed by atoms with Crippen molar-refractivity contribution >= 4 is 5.97 Å². The highest BCUT2D eigenvalue weighted by atomic mass is 16.4. The highest BCUT2D eigenvalue weighted by molar-refractivity contribution is 5.72. The molecule has 0 spiro atoms. The largest absolute Gasteiger partial charge is 0.481 e.